The molecule has 22 heavy (non-hydrogen) atoms. The van der Waals surface area contributed by atoms with Crippen LogP contribution in [0.15, 0.2) is 27.5 Å². The van der Waals surface area contributed by atoms with E-state index in [2.05, 4.69) is 10.1 Å². The van der Waals surface area contributed by atoms with Crippen LogP contribution in [0.2, 0.25) is 0 Å². The molecule has 2 aliphatic heterocycles. The van der Waals surface area contributed by atoms with Crippen LogP contribution < -0.4 is 0 Å². The Bertz CT molecular complexity index is 666. The highest BCUT2D eigenvalue weighted by molar-refractivity contribution is 5.94. The first-order chi connectivity index (χ1) is 10.7. The van der Waals surface area contributed by atoms with Crippen molar-refractivity contribution in [3.63, 3.8) is 0 Å². The quantitative estimate of drug-likeness (QED) is 0.841. The summed E-state index contributed by atoms with van der Waals surface area (Å²) < 4.78 is 16.1. The molecule has 4 rings (SSSR count). The smallest absolute Gasteiger partial charge is 0.257 e. The molecule has 7 heteroatoms. The van der Waals surface area contributed by atoms with Crippen LogP contribution in [-0.2, 0) is 4.74 Å². The van der Waals surface area contributed by atoms with E-state index < -0.39 is 0 Å². The van der Waals surface area contributed by atoms with E-state index in [4.69, 9.17) is 13.7 Å². The van der Waals surface area contributed by atoms with E-state index in [0.29, 0.717) is 30.4 Å². The number of aromatic nitrogens is 2. The van der Waals surface area contributed by atoms with Crippen molar-refractivity contribution in [3.8, 4) is 0 Å². The van der Waals surface area contributed by atoms with Gasteiger partial charge >= 0.3 is 0 Å². The zero-order valence-electron chi connectivity index (χ0n) is 12.3. The second-order valence-electron chi connectivity index (χ2n) is 5.85. The van der Waals surface area contributed by atoms with Crippen LogP contribution in [0.4, 0.5) is 0 Å². The number of amides is 1. The average Bonchev–Trinajstić information content (AvgIpc) is 3.26. The summed E-state index contributed by atoms with van der Waals surface area (Å²) in [6.07, 6.45) is 4.69. The highest BCUT2D eigenvalue weighted by Crippen LogP contribution is 2.36. The first-order valence-electron chi connectivity index (χ1n) is 7.47. The van der Waals surface area contributed by atoms with Gasteiger partial charge in [0.25, 0.3) is 5.91 Å². The van der Waals surface area contributed by atoms with E-state index >= 15 is 0 Å². The van der Waals surface area contributed by atoms with E-state index in [1.807, 2.05) is 4.90 Å². The van der Waals surface area contributed by atoms with Gasteiger partial charge in [-0.3, -0.25) is 4.79 Å². The Balaban J connectivity index is 1.62. The summed E-state index contributed by atoms with van der Waals surface area (Å²) >= 11 is 0. The van der Waals surface area contributed by atoms with Gasteiger partial charge < -0.3 is 18.6 Å². The van der Waals surface area contributed by atoms with Gasteiger partial charge in [-0.2, -0.15) is 4.98 Å². The van der Waals surface area contributed by atoms with Crippen molar-refractivity contribution in [3.05, 3.63) is 35.9 Å². The number of hydrogen-bond donors (Lipinski definition) is 0. The zero-order valence-corrected chi connectivity index (χ0v) is 12.3. The topological polar surface area (TPSA) is 81.6 Å². The number of likely N-dealkylation sites (tertiary alicyclic amines) is 1. The molecule has 2 aliphatic rings. The number of piperidine rings is 1. The largest absolute Gasteiger partial charge is 0.472 e. The fraction of sp³-hybridized carbons (Fsp3) is 0.533. The van der Waals surface area contributed by atoms with Crippen molar-refractivity contribution in [2.75, 3.05) is 13.2 Å². The number of carbonyl (C=O) groups is 1. The molecule has 0 bridgehead atoms. The molecule has 2 aromatic rings. The molecule has 1 amide bonds. The van der Waals surface area contributed by atoms with Crippen molar-refractivity contribution < 1.29 is 18.5 Å². The van der Waals surface area contributed by atoms with E-state index in [9.17, 15) is 4.79 Å². The SMILES string of the molecule is Cc1noc([C@H]2C[C@H]3OCC[C@H]3N(C(=O)c3ccoc3)C2)n1. The van der Waals surface area contributed by atoms with Crippen LogP contribution in [0, 0.1) is 6.92 Å². The number of nitrogens with zero attached hydrogens (tertiary/aromatic N) is 3. The van der Waals surface area contributed by atoms with Gasteiger partial charge in [-0.05, 0) is 25.8 Å². The molecule has 0 saturated carbocycles. The lowest BCUT2D eigenvalue weighted by Gasteiger charge is -2.39. The van der Waals surface area contributed by atoms with Crippen LogP contribution >= 0.6 is 0 Å². The number of aryl methyl sites for hydroxylation is 1. The zero-order chi connectivity index (χ0) is 15.1. The molecular weight excluding hydrogens is 286 g/mol. The molecule has 116 valence electrons. The fourth-order valence-electron chi connectivity index (χ4n) is 3.39. The molecule has 0 unspecified atom stereocenters. The lowest BCUT2D eigenvalue weighted by atomic mass is 9.89. The Labute approximate surface area is 127 Å². The summed E-state index contributed by atoms with van der Waals surface area (Å²) in [5.74, 6) is 1.17. The predicted molar refractivity (Wildman–Crippen MR) is 74.3 cm³/mol. The van der Waals surface area contributed by atoms with Crippen molar-refractivity contribution >= 4 is 5.91 Å². The Hall–Kier alpha value is -2.15. The fourth-order valence-corrected chi connectivity index (χ4v) is 3.39. The first kappa shape index (κ1) is 13.5. The number of rotatable bonds is 2. The summed E-state index contributed by atoms with van der Waals surface area (Å²) in [6, 6.07) is 1.80. The Morgan fingerprint density at radius 1 is 1.45 bits per heavy atom. The summed E-state index contributed by atoms with van der Waals surface area (Å²) in [6.45, 7) is 3.04. The summed E-state index contributed by atoms with van der Waals surface area (Å²) in [4.78, 5) is 18.9. The van der Waals surface area contributed by atoms with Gasteiger partial charge in [-0.1, -0.05) is 5.16 Å². The molecule has 7 nitrogen and oxygen atoms in total. The van der Waals surface area contributed by atoms with Crippen LogP contribution in [0.25, 0.3) is 0 Å². The lowest BCUT2D eigenvalue weighted by Crippen LogP contribution is -2.51. The normalized spacial score (nSPS) is 27.9. The van der Waals surface area contributed by atoms with Crippen LogP contribution in [0.5, 0.6) is 0 Å². The second-order valence-corrected chi connectivity index (χ2v) is 5.85. The molecule has 3 atom stereocenters. The van der Waals surface area contributed by atoms with E-state index in [1.165, 1.54) is 12.5 Å². The predicted octanol–water partition coefficient (Wildman–Crippen LogP) is 1.76. The molecule has 4 heterocycles. The standard InChI is InChI=1S/C15H17N3O4/c1-9-16-14(22-17-9)11-6-13-12(3-5-21-13)18(7-11)15(19)10-2-4-20-8-10/h2,4,8,11-13H,3,5-7H2,1H3/t11-,12+,13+/m0/s1. The number of ether oxygens (including phenoxy) is 1. The number of hydrogen-bond acceptors (Lipinski definition) is 6. The van der Waals surface area contributed by atoms with Crippen LogP contribution in [0.1, 0.15) is 40.8 Å². The van der Waals surface area contributed by atoms with Gasteiger partial charge in [-0.15, -0.1) is 0 Å². The summed E-state index contributed by atoms with van der Waals surface area (Å²) in [5.41, 5.74) is 0.563. The third-order valence-corrected chi connectivity index (χ3v) is 4.43. The number of furan rings is 1. The average molecular weight is 303 g/mol. The minimum atomic E-state index is -0.0322. The van der Waals surface area contributed by atoms with Crippen molar-refractivity contribution in [2.45, 2.75) is 37.8 Å². The van der Waals surface area contributed by atoms with Gasteiger partial charge in [0, 0.05) is 13.2 Å². The Morgan fingerprint density at radius 2 is 2.36 bits per heavy atom. The van der Waals surface area contributed by atoms with Gasteiger partial charge in [0.05, 0.1) is 29.9 Å². The van der Waals surface area contributed by atoms with Crippen molar-refractivity contribution in [1.82, 2.24) is 15.0 Å². The van der Waals surface area contributed by atoms with Crippen LogP contribution in [-0.4, -0.2) is 46.2 Å². The molecule has 0 aliphatic carbocycles. The molecule has 2 aromatic heterocycles. The molecule has 0 aromatic carbocycles. The maximum Gasteiger partial charge on any atom is 0.257 e. The molecule has 0 radical (unpaired) electrons. The third kappa shape index (κ3) is 2.21. The van der Waals surface area contributed by atoms with Gasteiger partial charge in [0.15, 0.2) is 5.82 Å². The summed E-state index contributed by atoms with van der Waals surface area (Å²) in [7, 11) is 0. The van der Waals surface area contributed by atoms with Crippen LogP contribution in [0.3, 0.4) is 0 Å². The van der Waals surface area contributed by atoms with E-state index in [-0.39, 0.29) is 24.0 Å². The van der Waals surface area contributed by atoms with E-state index in [0.717, 1.165) is 12.8 Å². The highest BCUT2D eigenvalue weighted by atomic mass is 16.5. The third-order valence-electron chi connectivity index (χ3n) is 4.43. The lowest BCUT2D eigenvalue weighted by molar-refractivity contribution is 0.0124. The maximum absolute atomic E-state index is 12.7. The Morgan fingerprint density at radius 3 is 3.09 bits per heavy atom. The highest BCUT2D eigenvalue weighted by Gasteiger charge is 2.44. The molecule has 0 N–H and O–H groups in total. The van der Waals surface area contributed by atoms with E-state index in [1.54, 1.807) is 13.0 Å². The molecular formula is C15H17N3O4. The number of carbonyl (C=O) groups excluding carboxylic acids is 1. The molecule has 2 saturated heterocycles. The van der Waals surface area contributed by atoms with Gasteiger partial charge in [0.2, 0.25) is 5.89 Å². The second kappa shape index (κ2) is 5.24. The van der Waals surface area contributed by atoms with Crippen molar-refractivity contribution in [1.29, 1.82) is 0 Å². The molecule has 2 fully saturated rings. The minimum absolute atomic E-state index is 0.0106. The molecule has 0 spiro atoms. The summed E-state index contributed by atoms with van der Waals surface area (Å²) in [5, 5.41) is 3.85. The van der Waals surface area contributed by atoms with Gasteiger partial charge in [0.1, 0.15) is 6.26 Å². The maximum atomic E-state index is 12.7. The monoisotopic (exact) mass is 303 g/mol. The van der Waals surface area contributed by atoms with Gasteiger partial charge in [-0.25, -0.2) is 0 Å². The Kier molecular flexibility index (Phi) is 3.22. The minimum Gasteiger partial charge on any atom is -0.472 e. The first-order valence-corrected chi connectivity index (χ1v) is 7.47. The number of fused-ring (bicyclic) bond motifs is 1. The van der Waals surface area contributed by atoms with Crippen molar-refractivity contribution in [2.24, 2.45) is 0 Å².